The third kappa shape index (κ3) is 6.09. The molecule has 0 atom stereocenters. The minimum Gasteiger partial charge on any atom is -0.494 e. The molecule has 2 aromatic carbocycles. The fraction of sp³-hybridized carbons (Fsp3) is 0.192. The summed E-state index contributed by atoms with van der Waals surface area (Å²) in [5.41, 5.74) is 1.72. The number of carbonyl (C=O) groups excluding carboxylic acids is 1. The second kappa shape index (κ2) is 11.2. The van der Waals surface area contributed by atoms with E-state index < -0.39 is 5.91 Å². The predicted molar refractivity (Wildman–Crippen MR) is 132 cm³/mol. The Kier molecular flexibility index (Phi) is 7.64. The lowest BCUT2D eigenvalue weighted by atomic mass is 10.1. The Hall–Kier alpha value is -4.60. The first-order valence-electron chi connectivity index (χ1n) is 11.3. The van der Waals surface area contributed by atoms with Crippen LogP contribution in [0.4, 0.5) is 4.39 Å². The molecule has 0 aliphatic carbocycles. The van der Waals surface area contributed by atoms with Crippen molar-refractivity contribution in [3.8, 4) is 28.3 Å². The van der Waals surface area contributed by atoms with Gasteiger partial charge >= 0.3 is 0 Å². The van der Waals surface area contributed by atoms with Gasteiger partial charge in [-0.3, -0.25) is 19.0 Å². The Balaban J connectivity index is 1.34. The first-order valence-corrected chi connectivity index (χ1v) is 11.3. The van der Waals surface area contributed by atoms with Gasteiger partial charge in [0.05, 0.1) is 30.9 Å². The van der Waals surface area contributed by atoms with Crippen molar-refractivity contribution in [2.75, 3.05) is 13.2 Å². The fourth-order valence-corrected chi connectivity index (χ4v) is 3.49. The molecule has 2 aromatic heterocycles. The van der Waals surface area contributed by atoms with Crippen molar-refractivity contribution in [3.63, 3.8) is 0 Å². The Bertz CT molecular complexity index is 1460. The molecule has 0 saturated carbocycles. The summed E-state index contributed by atoms with van der Waals surface area (Å²) in [6.07, 6.45) is 1.33. The van der Waals surface area contributed by atoms with E-state index in [9.17, 15) is 18.8 Å². The van der Waals surface area contributed by atoms with Crippen molar-refractivity contribution in [3.05, 3.63) is 99.6 Å². The molecule has 4 aromatic rings. The summed E-state index contributed by atoms with van der Waals surface area (Å²) >= 11 is 0. The van der Waals surface area contributed by atoms with Gasteiger partial charge in [0.1, 0.15) is 18.1 Å². The number of halogens is 1. The summed E-state index contributed by atoms with van der Waals surface area (Å²) in [4.78, 5) is 41.3. The maximum absolute atomic E-state index is 13.2. The van der Waals surface area contributed by atoms with Crippen LogP contribution < -0.4 is 21.2 Å². The van der Waals surface area contributed by atoms with E-state index in [0.29, 0.717) is 23.6 Å². The Labute approximate surface area is 205 Å². The maximum atomic E-state index is 13.2. The molecule has 0 aliphatic rings. The highest BCUT2D eigenvalue weighted by Gasteiger charge is 2.09. The molecule has 0 unspecified atom stereocenters. The van der Waals surface area contributed by atoms with Crippen LogP contribution in [-0.4, -0.2) is 38.4 Å². The molecule has 0 bridgehead atoms. The van der Waals surface area contributed by atoms with Crippen LogP contribution in [0.25, 0.3) is 22.5 Å². The Morgan fingerprint density at radius 1 is 0.944 bits per heavy atom. The van der Waals surface area contributed by atoms with Crippen molar-refractivity contribution < 1.29 is 13.9 Å². The van der Waals surface area contributed by atoms with Gasteiger partial charge in [-0.1, -0.05) is 0 Å². The van der Waals surface area contributed by atoms with Crippen molar-refractivity contribution in [1.82, 2.24) is 24.6 Å². The lowest BCUT2D eigenvalue weighted by Crippen LogP contribution is -2.35. The van der Waals surface area contributed by atoms with Crippen LogP contribution in [0, 0.1) is 5.82 Å². The minimum absolute atomic E-state index is 0.128. The summed E-state index contributed by atoms with van der Waals surface area (Å²) in [6.45, 7) is 2.50. The first kappa shape index (κ1) is 24.5. The highest BCUT2D eigenvalue weighted by Crippen LogP contribution is 2.19. The zero-order chi connectivity index (χ0) is 25.5. The number of rotatable bonds is 9. The van der Waals surface area contributed by atoms with Crippen LogP contribution in [0.5, 0.6) is 5.75 Å². The van der Waals surface area contributed by atoms with Crippen LogP contribution in [0.2, 0.25) is 0 Å². The number of hydrogen-bond donors (Lipinski definition) is 1. The normalized spacial score (nSPS) is 10.7. The number of carbonyl (C=O) groups is 1. The van der Waals surface area contributed by atoms with E-state index in [1.165, 1.54) is 39.8 Å². The summed E-state index contributed by atoms with van der Waals surface area (Å²) in [7, 11) is 0. The zero-order valence-corrected chi connectivity index (χ0v) is 19.6. The molecule has 0 saturated heterocycles. The molecule has 9 nitrogen and oxygen atoms in total. The first-order chi connectivity index (χ1) is 17.4. The average Bonchev–Trinajstić information content (AvgIpc) is 2.87. The molecule has 10 heteroatoms. The molecule has 0 radical (unpaired) electrons. The van der Waals surface area contributed by atoms with Gasteiger partial charge in [0.15, 0.2) is 0 Å². The lowest BCUT2D eigenvalue weighted by molar-refractivity contribution is -0.121. The number of amides is 1. The van der Waals surface area contributed by atoms with E-state index in [-0.39, 0.29) is 36.6 Å². The van der Waals surface area contributed by atoms with Crippen LogP contribution in [0.1, 0.15) is 6.92 Å². The molecule has 4 rings (SSSR count). The molecule has 36 heavy (non-hydrogen) atoms. The van der Waals surface area contributed by atoms with Crippen LogP contribution >= 0.6 is 0 Å². The minimum atomic E-state index is -0.407. The zero-order valence-electron chi connectivity index (χ0n) is 19.6. The van der Waals surface area contributed by atoms with Gasteiger partial charge < -0.3 is 10.1 Å². The predicted octanol–water partition coefficient (Wildman–Crippen LogP) is 2.49. The maximum Gasteiger partial charge on any atom is 0.266 e. The molecule has 1 N–H and O–H groups in total. The van der Waals surface area contributed by atoms with Crippen LogP contribution in [0.3, 0.4) is 0 Å². The molecule has 0 spiro atoms. The van der Waals surface area contributed by atoms with E-state index in [2.05, 4.69) is 15.4 Å². The second-order valence-electron chi connectivity index (χ2n) is 7.83. The van der Waals surface area contributed by atoms with Gasteiger partial charge in [-0.05, 0) is 61.5 Å². The quantitative estimate of drug-likeness (QED) is 0.387. The third-order valence-corrected chi connectivity index (χ3v) is 5.31. The summed E-state index contributed by atoms with van der Waals surface area (Å²) in [5, 5.41) is 6.95. The summed E-state index contributed by atoms with van der Waals surface area (Å²) < 4.78 is 21.0. The van der Waals surface area contributed by atoms with E-state index in [1.807, 2.05) is 19.1 Å². The lowest BCUT2D eigenvalue weighted by Gasteiger charge is -2.10. The summed E-state index contributed by atoms with van der Waals surface area (Å²) in [5.74, 6) is -0.0451. The molecular formula is C26H24FN5O4. The second-order valence-corrected chi connectivity index (χ2v) is 7.83. The van der Waals surface area contributed by atoms with Crippen LogP contribution in [-0.2, 0) is 17.9 Å². The number of benzene rings is 2. The van der Waals surface area contributed by atoms with E-state index in [1.54, 1.807) is 30.3 Å². The molecular weight excluding hydrogens is 465 g/mol. The highest BCUT2D eigenvalue weighted by molar-refractivity contribution is 5.75. The van der Waals surface area contributed by atoms with Crippen molar-refractivity contribution in [2.45, 2.75) is 20.0 Å². The van der Waals surface area contributed by atoms with E-state index in [0.717, 1.165) is 11.3 Å². The van der Waals surface area contributed by atoms with Gasteiger partial charge in [0.2, 0.25) is 5.91 Å². The Morgan fingerprint density at radius 2 is 1.64 bits per heavy atom. The van der Waals surface area contributed by atoms with Crippen molar-refractivity contribution in [1.29, 1.82) is 0 Å². The number of aromatic nitrogens is 4. The average molecular weight is 490 g/mol. The molecule has 0 aliphatic heterocycles. The fourth-order valence-electron chi connectivity index (χ4n) is 3.49. The molecule has 0 fully saturated rings. The topological polar surface area (TPSA) is 108 Å². The Morgan fingerprint density at radius 3 is 2.33 bits per heavy atom. The smallest absolute Gasteiger partial charge is 0.266 e. The molecule has 1 amide bonds. The van der Waals surface area contributed by atoms with E-state index >= 15 is 0 Å². The monoisotopic (exact) mass is 489 g/mol. The molecule has 184 valence electrons. The van der Waals surface area contributed by atoms with Gasteiger partial charge in [-0.2, -0.15) is 5.10 Å². The van der Waals surface area contributed by atoms with Gasteiger partial charge in [0.25, 0.3) is 11.1 Å². The van der Waals surface area contributed by atoms with Gasteiger partial charge in [-0.15, -0.1) is 0 Å². The van der Waals surface area contributed by atoms with Gasteiger partial charge in [0, 0.05) is 29.8 Å². The number of nitrogens with zero attached hydrogens (tertiary/aromatic N) is 4. The highest BCUT2D eigenvalue weighted by atomic mass is 19.1. The molecule has 2 heterocycles. The third-order valence-electron chi connectivity index (χ3n) is 5.31. The van der Waals surface area contributed by atoms with Crippen molar-refractivity contribution in [2.24, 2.45) is 0 Å². The summed E-state index contributed by atoms with van der Waals surface area (Å²) in [6, 6.07) is 17.3. The number of hydrogen-bond acceptors (Lipinski definition) is 6. The SMILES string of the molecule is CCOc1ccc(-c2cc(=O)n(CC(=O)NCCn3nc(-c4ccc(F)cc4)ccc3=O)cn2)cc1. The standard InChI is InChI=1S/C26H24FN5O4/c1-2-36-21-9-5-19(6-10-21)23-15-26(35)31(17-29-23)16-24(33)28-13-14-32-25(34)12-11-22(30-32)18-3-7-20(27)8-4-18/h3-12,15,17H,2,13-14,16H2,1H3,(H,28,33). The van der Waals surface area contributed by atoms with Gasteiger partial charge in [-0.25, -0.2) is 14.1 Å². The van der Waals surface area contributed by atoms with Crippen LogP contribution in [0.15, 0.2) is 82.6 Å². The van der Waals surface area contributed by atoms with E-state index in [4.69, 9.17) is 4.74 Å². The van der Waals surface area contributed by atoms with Crippen molar-refractivity contribution >= 4 is 5.91 Å². The largest absolute Gasteiger partial charge is 0.494 e. The number of ether oxygens (including phenoxy) is 1. The number of nitrogens with one attached hydrogen (secondary N) is 1.